The standard InChI is InChI=1S/CH4N2S3/c2-1(4)3-6-5/h5H,(H3,2,3,4). The van der Waals surface area contributed by atoms with Crippen LogP contribution in [0.5, 0.6) is 0 Å². The molecule has 5 heteroatoms. The van der Waals surface area contributed by atoms with Crippen LogP contribution in [0.2, 0.25) is 0 Å². The lowest BCUT2D eigenvalue weighted by atomic mass is 11.3. The first kappa shape index (κ1) is 6.39. The fourth-order valence-corrected chi connectivity index (χ4v) is 0.740. The fraction of sp³-hybridized carbons (Fsp3) is 0. The van der Waals surface area contributed by atoms with Gasteiger partial charge in [0, 0.05) is 11.0 Å². The summed E-state index contributed by atoms with van der Waals surface area (Å²) in [5.41, 5.74) is 4.95. The highest BCUT2D eigenvalue weighted by molar-refractivity contribution is 8.68. The van der Waals surface area contributed by atoms with Crippen LogP contribution >= 0.6 is 34.9 Å². The highest BCUT2D eigenvalue weighted by Gasteiger charge is 1.75. The SMILES string of the molecule is NC(=S)NSS. The summed E-state index contributed by atoms with van der Waals surface area (Å²) in [6, 6.07) is 0. The lowest BCUT2D eigenvalue weighted by Gasteiger charge is -1.90. The number of hydrogen-bond acceptors (Lipinski definition) is 3. The molecule has 0 amide bonds. The van der Waals surface area contributed by atoms with Crippen molar-refractivity contribution in [1.82, 2.24) is 4.72 Å². The Morgan fingerprint density at radius 1 is 2.00 bits per heavy atom. The monoisotopic (exact) mass is 140 g/mol. The molecule has 2 nitrogen and oxygen atoms in total. The van der Waals surface area contributed by atoms with E-state index in [4.69, 9.17) is 5.73 Å². The summed E-state index contributed by atoms with van der Waals surface area (Å²) in [5, 5.41) is 0.259. The van der Waals surface area contributed by atoms with Gasteiger partial charge in [-0.3, -0.25) is 4.72 Å². The van der Waals surface area contributed by atoms with Crippen molar-refractivity contribution in [3.63, 3.8) is 0 Å². The van der Waals surface area contributed by atoms with Gasteiger partial charge in [-0.15, -0.1) is 0 Å². The number of rotatable bonds is 1. The highest BCUT2D eigenvalue weighted by Crippen LogP contribution is 1.94. The summed E-state index contributed by atoms with van der Waals surface area (Å²) in [5.74, 6) is 0. The van der Waals surface area contributed by atoms with Crippen molar-refractivity contribution in [2.24, 2.45) is 5.73 Å². The molecule has 36 valence electrons. The van der Waals surface area contributed by atoms with Gasteiger partial charge in [-0.05, 0) is 12.2 Å². The van der Waals surface area contributed by atoms with E-state index in [2.05, 4.69) is 28.6 Å². The number of nitrogens with two attached hydrogens (primary N) is 1. The Labute approximate surface area is 50.8 Å². The van der Waals surface area contributed by atoms with Crippen molar-refractivity contribution in [3.05, 3.63) is 0 Å². The lowest BCUT2D eigenvalue weighted by Crippen LogP contribution is -2.21. The molecule has 0 aromatic heterocycles. The summed E-state index contributed by atoms with van der Waals surface area (Å²) in [6.45, 7) is 0. The van der Waals surface area contributed by atoms with Crippen LogP contribution in [0.1, 0.15) is 0 Å². The molecule has 0 aliphatic carbocycles. The molecule has 0 unspecified atom stereocenters. The van der Waals surface area contributed by atoms with Crippen LogP contribution in [0.4, 0.5) is 0 Å². The number of hydrogen-bond donors (Lipinski definition) is 3. The molecule has 0 aliphatic heterocycles. The molecule has 3 N–H and O–H groups in total. The van der Waals surface area contributed by atoms with Gasteiger partial charge in [0.2, 0.25) is 0 Å². The average Bonchev–Trinajstić information content (AvgIpc) is 1.35. The minimum atomic E-state index is 0.259. The van der Waals surface area contributed by atoms with Gasteiger partial charge in [0.05, 0.1) is 0 Å². The van der Waals surface area contributed by atoms with Crippen LogP contribution in [-0.2, 0) is 0 Å². The van der Waals surface area contributed by atoms with E-state index in [1.54, 1.807) is 0 Å². The van der Waals surface area contributed by atoms with Gasteiger partial charge in [0.25, 0.3) is 0 Å². The summed E-state index contributed by atoms with van der Waals surface area (Å²) in [4.78, 5) is 0. The molecule has 0 atom stereocenters. The normalized spacial score (nSPS) is 7.50. The molecule has 0 aliphatic rings. The second-order valence-electron chi connectivity index (χ2n) is 0.558. The van der Waals surface area contributed by atoms with E-state index in [1.165, 1.54) is 0 Å². The largest absolute Gasteiger partial charge is 0.376 e. The molecular formula is CH4N2S3. The average molecular weight is 140 g/mol. The van der Waals surface area contributed by atoms with Crippen LogP contribution in [0.3, 0.4) is 0 Å². The van der Waals surface area contributed by atoms with E-state index < -0.39 is 0 Å². The van der Waals surface area contributed by atoms with Crippen LogP contribution in [-0.4, -0.2) is 5.11 Å². The fourth-order valence-electron chi connectivity index (χ4n) is 0.0450. The van der Waals surface area contributed by atoms with Crippen molar-refractivity contribution >= 4 is 40.0 Å². The zero-order valence-corrected chi connectivity index (χ0v) is 5.37. The van der Waals surface area contributed by atoms with Crippen LogP contribution in [0.15, 0.2) is 0 Å². The molecular weight excluding hydrogens is 136 g/mol. The third kappa shape index (κ3) is 4.39. The third-order valence-corrected chi connectivity index (χ3v) is 0.963. The Hall–Kier alpha value is 0.390. The minimum Gasteiger partial charge on any atom is -0.376 e. The Morgan fingerprint density at radius 3 is 2.50 bits per heavy atom. The Balaban J connectivity index is 2.83. The predicted octanol–water partition coefficient (Wildman–Crippen LogP) is 0.313. The Bertz CT molecular complexity index is 52.8. The second-order valence-corrected chi connectivity index (χ2v) is 1.93. The van der Waals surface area contributed by atoms with Gasteiger partial charge in [0.1, 0.15) is 0 Å². The molecule has 0 radical (unpaired) electrons. The van der Waals surface area contributed by atoms with E-state index >= 15 is 0 Å². The first-order valence-electron chi connectivity index (χ1n) is 1.13. The maximum absolute atomic E-state index is 4.95. The maximum atomic E-state index is 4.95. The van der Waals surface area contributed by atoms with Gasteiger partial charge >= 0.3 is 0 Å². The number of thiocarbonyl (C=S) groups is 1. The van der Waals surface area contributed by atoms with Crippen molar-refractivity contribution in [1.29, 1.82) is 0 Å². The smallest absolute Gasteiger partial charge is 0.174 e. The molecule has 0 heterocycles. The number of thiol groups is 1. The van der Waals surface area contributed by atoms with Gasteiger partial charge in [0.15, 0.2) is 5.11 Å². The molecule has 0 aromatic rings. The van der Waals surface area contributed by atoms with Gasteiger partial charge in [-0.1, -0.05) is 11.7 Å². The third-order valence-electron chi connectivity index (χ3n) is 0.146. The Morgan fingerprint density at radius 2 is 2.50 bits per heavy atom. The first-order valence-corrected chi connectivity index (χ1v) is 3.41. The van der Waals surface area contributed by atoms with Gasteiger partial charge in [-0.2, -0.15) is 0 Å². The van der Waals surface area contributed by atoms with Crippen molar-refractivity contribution in [3.8, 4) is 0 Å². The topological polar surface area (TPSA) is 38.0 Å². The van der Waals surface area contributed by atoms with Crippen molar-refractivity contribution in [2.75, 3.05) is 0 Å². The van der Waals surface area contributed by atoms with E-state index in [-0.39, 0.29) is 5.11 Å². The highest BCUT2D eigenvalue weighted by atomic mass is 33.1. The molecule has 0 fully saturated rings. The Kier molecular flexibility index (Phi) is 3.81. The zero-order valence-electron chi connectivity index (χ0n) is 2.84. The molecule has 0 bridgehead atoms. The molecule has 6 heavy (non-hydrogen) atoms. The summed E-state index contributed by atoms with van der Waals surface area (Å²) in [7, 11) is 1.09. The summed E-state index contributed by atoms with van der Waals surface area (Å²) in [6.07, 6.45) is 0. The molecule has 0 rings (SSSR count). The summed E-state index contributed by atoms with van der Waals surface area (Å²) >= 11 is 8.09. The van der Waals surface area contributed by atoms with Crippen molar-refractivity contribution < 1.29 is 0 Å². The minimum absolute atomic E-state index is 0.259. The van der Waals surface area contributed by atoms with E-state index in [0.29, 0.717) is 0 Å². The quantitative estimate of drug-likeness (QED) is 0.212. The zero-order chi connectivity index (χ0) is 4.99. The molecule has 0 saturated heterocycles. The van der Waals surface area contributed by atoms with E-state index in [9.17, 15) is 0 Å². The van der Waals surface area contributed by atoms with Crippen LogP contribution < -0.4 is 10.5 Å². The van der Waals surface area contributed by atoms with Crippen LogP contribution in [0, 0.1) is 0 Å². The van der Waals surface area contributed by atoms with Gasteiger partial charge < -0.3 is 5.73 Å². The maximum Gasteiger partial charge on any atom is 0.174 e. The van der Waals surface area contributed by atoms with E-state index in [0.717, 1.165) is 11.0 Å². The van der Waals surface area contributed by atoms with Gasteiger partial charge in [-0.25, -0.2) is 0 Å². The first-order chi connectivity index (χ1) is 2.77. The van der Waals surface area contributed by atoms with Crippen molar-refractivity contribution in [2.45, 2.75) is 0 Å². The van der Waals surface area contributed by atoms with Crippen LogP contribution in [0.25, 0.3) is 0 Å². The molecule has 0 aromatic carbocycles. The second kappa shape index (κ2) is 3.58. The number of nitrogens with one attached hydrogen (secondary N) is 1. The summed E-state index contributed by atoms with van der Waals surface area (Å²) < 4.78 is 2.50. The predicted molar refractivity (Wildman–Crippen MR) is 36.5 cm³/mol. The molecule has 0 saturated carbocycles. The van der Waals surface area contributed by atoms with E-state index in [1.807, 2.05) is 0 Å². The lowest BCUT2D eigenvalue weighted by molar-refractivity contribution is 1.52. The molecule has 0 spiro atoms.